The van der Waals surface area contributed by atoms with Crippen LogP contribution in [0.15, 0.2) is 47.7 Å². The van der Waals surface area contributed by atoms with Crippen molar-refractivity contribution in [1.82, 2.24) is 0 Å². The van der Waals surface area contributed by atoms with Crippen molar-refractivity contribution in [2.24, 2.45) is 0 Å². The third-order valence-corrected chi connectivity index (χ3v) is 4.83. The molecule has 0 atom stereocenters. The number of benzene rings is 2. The first kappa shape index (κ1) is 21.4. The van der Waals surface area contributed by atoms with Crippen LogP contribution >= 0.6 is 11.6 Å². The van der Waals surface area contributed by atoms with E-state index >= 15 is 0 Å². The summed E-state index contributed by atoms with van der Waals surface area (Å²) in [5.74, 6) is -0.900. The molecule has 2 aromatic carbocycles. The second-order valence-corrected chi connectivity index (χ2v) is 7.04. The number of unbranched alkanes of at least 4 members (excludes halogenated alkanes) is 5. The maximum atomic E-state index is 14.5. The highest BCUT2D eigenvalue weighted by molar-refractivity contribution is 6.28. The summed E-state index contributed by atoms with van der Waals surface area (Å²) in [5.41, 5.74) is 1.83. The van der Waals surface area contributed by atoms with Gasteiger partial charge in [0.2, 0.25) is 0 Å². The van der Waals surface area contributed by atoms with Crippen LogP contribution in [0.4, 0.5) is 8.78 Å². The fraction of sp³-hybridized carbons (Fsp3) is 0.391. The molecule has 2 aromatic rings. The first-order valence-corrected chi connectivity index (χ1v) is 10.0. The van der Waals surface area contributed by atoms with Gasteiger partial charge in [0.25, 0.3) is 0 Å². The Kier molecular flexibility index (Phi) is 8.80. The number of allylic oxidation sites excluding steroid dienone is 1. The Labute approximate surface area is 166 Å². The summed E-state index contributed by atoms with van der Waals surface area (Å²) >= 11 is 5.76. The van der Waals surface area contributed by atoms with Gasteiger partial charge in [-0.2, -0.15) is 0 Å². The second kappa shape index (κ2) is 11.1. The third-order valence-electron chi connectivity index (χ3n) is 4.53. The van der Waals surface area contributed by atoms with Crippen LogP contribution in [0.2, 0.25) is 0 Å². The Morgan fingerprint density at radius 1 is 0.963 bits per heavy atom. The zero-order valence-electron chi connectivity index (χ0n) is 16.0. The van der Waals surface area contributed by atoms with Gasteiger partial charge in [-0.1, -0.05) is 57.2 Å². The summed E-state index contributed by atoms with van der Waals surface area (Å²) in [6, 6.07) is 9.55. The van der Waals surface area contributed by atoms with Gasteiger partial charge < -0.3 is 4.74 Å². The second-order valence-electron chi connectivity index (χ2n) is 6.67. The quantitative estimate of drug-likeness (QED) is 0.294. The van der Waals surface area contributed by atoms with E-state index in [1.807, 2.05) is 6.07 Å². The third kappa shape index (κ3) is 6.66. The van der Waals surface area contributed by atoms with Crippen LogP contribution in [0.3, 0.4) is 0 Å². The highest BCUT2D eigenvalue weighted by Gasteiger charge is 2.11. The molecule has 0 saturated carbocycles. The van der Waals surface area contributed by atoms with E-state index in [4.69, 9.17) is 16.3 Å². The maximum Gasteiger partial charge on any atom is 0.189 e. The minimum atomic E-state index is -0.581. The molecular formula is C23H27ClF2O. The molecule has 1 nitrogen and oxygen atoms in total. The summed E-state index contributed by atoms with van der Waals surface area (Å²) in [6.45, 7) is 3.89. The number of hydrogen-bond donors (Lipinski definition) is 0. The Balaban J connectivity index is 2.01. The molecule has 0 fully saturated rings. The normalized spacial score (nSPS) is 11.7. The average Bonchev–Trinajstić information content (AvgIpc) is 2.66. The lowest BCUT2D eigenvalue weighted by molar-refractivity contribution is 0.425. The van der Waals surface area contributed by atoms with Crippen molar-refractivity contribution < 1.29 is 13.5 Å². The van der Waals surface area contributed by atoms with Gasteiger partial charge >= 0.3 is 0 Å². The molecule has 0 N–H and O–H groups in total. The molecular weight excluding hydrogens is 366 g/mol. The maximum absolute atomic E-state index is 14.5. The molecule has 0 aliphatic rings. The van der Waals surface area contributed by atoms with Crippen molar-refractivity contribution in [2.75, 3.05) is 0 Å². The summed E-state index contributed by atoms with van der Waals surface area (Å²) in [6.07, 6.45) is 9.66. The van der Waals surface area contributed by atoms with Crippen molar-refractivity contribution in [3.05, 3.63) is 64.9 Å². The first-order valence-electron chi connectivity index (χ1n) is 9.63. The monoisotopic (exact) mass is 392 g/mol. The Morgan fingerprint density at radius 3 is 2.37 bits per heavy atom. The first-order chi connectivity index (χ1) is 13.0. The zero-order valence-corrected chi connectivity index (χ0v) is 16.8. The summed E-state index contributed by atoms with van der Waals surface area (Å²) in [7, 11) is 0. The molecule has 146 valence electrons. The lowest BCUT2D eigenvalue weighted by atomic mass is 10.00. The largest absolute Gasteiger partial charge is 0.443 e. The molecule has 0 aromatic heterocycles. The molecule has 0 bridgehead atoms. The number of rotatable bonds is 10. The predicted octanol–water partition coefficient (Wildman–Crippen LogP) is 8.01. The van der Waals surface area contributed by atoms with Crippen LogP contribution in [0, 0.1) is 11.6 Å². The fourth-order valence-electron chi connectivity index (χ4n) is 2.97. The smallest absolute Gasteiger partial charge is 0.189 e. The minimum Gasteiger partial charge on any atom is -0.443 e. The minimum absolute atomic E-state index is 0.0157. The summed E-state index contributed by atoms with van der Waals surface area (Å²) in [4.78, 5) is 0. The number of halogens is 3. The van der Waals surface area contributed by atoms with E-state index in [9.17, 15) is 8.78 Å². The lowest BCUT2D eigenvalue weighted by Crippen LogP contribution is -1.94. The van der Waals surface area contributed by atoms with Crippen molar-refractivity contribution in [3.63, 3.8) is 0 Å². The zero-order chi connectivity index (χ0) is 19.6. The van der Waals surface area contributed by atoms with Crippen molar-refractivity contribution in [3.8, 4) is 16.9 Å². The lowest BCUT2D eigenvalue weighted by Gasteiger charge is -2.09. The molecule has 0 saturated heterocycles. The number of hydrogen-bond acceptors (Lipinski definition) is 1. The van der Waals surface area contributed by atoms with Gasteiger partial charge in [0, 0.05) is 5.56 Å². The van der Waals surface area contributed by atoms with Gasteiger partial charge in [-0.05, 0) is 66.8 Å². The highest BCUT2D eigenvalue weighted by Crippen LogP contribution is 2.29. The van der Waals surface area contributed by atoms with Crippen LogP contribution in [0.5, 0.6) is 5.75 Å². The molecule has 0 spiro atoms. The van der Waals surface area contributed by atoms with Crippen LogP contribution in [0.1, 0.15) is 57.9 Å². The van der Waals surface area contributed by atoms with Crippen molar-refractivity contribution in [1.29, 1.82) is 0 Å². The Bertz CT molecular complexity index is 771. The topological polar surface area (TPSA) is 9.23 Å². The molecule has 4 heteroatoms. The van der Waals surface area contributed by atoms with Crippen LogP contribution in [-0.2, 0) is 6.42 Å². The van der Waals surface area contributed by atoms with Gasteiger partial charge in [0.05, 0.1) is 0 Å². The van der Waals surface area contributed by atoms with E-state index < -0.39 is 5.82 Å². The van der Waals surface area contributed by atoms with E-state index in [0.717, 1.165) is 18.4 Å². The van der Waals surface area contributed by atoms with E-state index in [-0.39, 0.29) is 16.8 Å². The van der Waals surface area contributed by atoms with Crippen molar-refractivity contribution in [2.45, 2.75) is 58.8 Å². The van der Waals surface area contributed by atoms with Crippen molar-refractivity contribution >= 4 is 11.6 Å². The van der Waals surface area contributed by atoms with Gasteiger partial charge in [0.1, 0.15) is 5.82 Å². The molecule has 0 radical (unpaired) electrons. The Hall–Kier alpha value is -1.87. The molecule has 0 amide bonds. The van der Waals surface area contributed by atoms with Crippen LogP contribution in [0.25, 0.3) is 11.1 Å². The molecule has 27 heavy (non-hydrogen) atoms. The Morgan fingerprint density at radius 2 is 1.70 bits per heavy atom. The van der Waals surface area contributed by atoms with E-state index in [1.165, 1.54) is 50.3 Å². The molecule has 0 heterocycles. The van der Waals surface area contributed by atoms with Gasteiger partial charge in [-0.25, -0.2) is 8.78 Å². The molecule has 0 aliphatic heterocycles. The van der Waals surface area contributed by atoms with E-state index in [1.54, 1.807) is 25.1 Å². The van der Waals surface area contributed by atoms with E-state index in [0.29, 0.717) is 11.1 Å². The molecule has 2 rings (SSSR count). The highest BCUT2D eigenvalue weighted by atomic mass is 35.5. The molecule has 0 unspecified atom stereocenters. The standard InChI is InChI=1S/C23H27ClF2O/c1-3-5-6-7-8-9-10-17-11-13-19(20(25)15-17)18-12-14-22(21(26)16-18)27-23(24)4-2/h4,11-16H,3,5-10H2,1-2H3/b23-4-. The van der Waals surface area contributed by atoms with Gasteiger partial charge in [0.15, 0.2) is 16.8 Å². The van der Waals surface area contributed by atoms with Crippen LogP contribution in [-0.4, -0.2) is 0 Å². The van der Waals surface area contributed by atoms with Gasteiger partial charge in [-0.3, -0.25) is 0 Å². The SMILES string of the molecule is C/C=C(/Cl)Oc1ccc(-c2ccc(CCCCCCCC)cc2F)cc1F. The van der Waals surface area contributed by atoms with Crippen LogP contribution < -0.4 is 4.74 Å². The summed E-state index contributed by atoms with van der Waals surface area (Å²) < 4.78 is 33.9. The fourth-order valence-corrected chi connectivity index (χ4v) is 3.06. The number of aryl methyl sites for hydroxylation is 1. The van der Waals surface area contributed by atoms with Gasteiger partial charge in [-0.15, -0.1) is 0 Å². The number of ether oxygens (including phenoxy) is 1. The summed E-state index contributed by atoms with van der Waals surface area (Å²) in [5, 5.41) is 0.0897. The predicted molar refractivity (Wildman–Crippen MR) is 109 cm³/mol. The van der Waals surface area contributed by atoms with E-state index in [2.05, 4.69) is 6.92 Å². The molecule has 0 aliphatic carbocycles. The average molecular weight is 393 g/mol.